The van der Waals surface area contributed by atoms with Crippen LogP contribution in [-0.4, -0.2) is 33.6 Å². The lowest BCUT2D eigenvalue weighted by Crippen LogP contribution is -2.45. The number of nitrogens with one attached hydrogen (secondary N) is 1. The molecule has 1 unspecified atom stereocenters. The van der Waals surface area contributed by atoms with Gasteiger partial charge in [0.05, 0.1) is 11.8 Å². The average Bonchev–Trinajstić information content (AvgIpc) is 2.63. The Morgan fingerprint density at radius 1 is 1.67 bits per heavy atom. The van der Waals surface area contributed by atoms with Gasteiger partial charge in [-0.15, -0.1) is 0 Å². The summed E-state index contributed by atoms with van der Waals surface area (Å²) in [5.74, 6) is 0. The maximum Gasteiger partial charge on any atom is 0.0775 e. The number of aryl methyl sites for hydroxylation is 2. The van der Waals surface area contributed by atoms with Crippen LogP contribution in [0.15, 0.2) is 12.4 Å². The Bertz CT molecular complexity index is 315. The smallest absolute Gasteiger partial charge is 0.0775 e. The molecule has 0 saturated carbocycles. The Hall–Kier alpha value is -0.870. The van der Waals surface area contributed by atoms with Crippen molar-refractivity contribution in [1.82, 2.24) is 15.1 Å². The van der Waals surface area contributed by atoms with E-state index in [1.165, 1.54) is 5.56 Å². The van der Waals surface area contributed by atoms with Crippen molar-refractivity contribution in [3.05, 3.63) is 18.0 Å². The van der Waals surface area contributed by atoms with Gasteiger partial charge in [0, 0.05) is 19.8 Å². The van der Waals surface area contributed by atoms with Gasteiger partial charge in [0.1, 0.15) is 0 Å². The third kappa shape index (κ3) is 2.79. The van der Waals surface area contributed by atoms with Gasteiger partial charge in [-0.3, -0.25) is 4.68 Å². The topological polar surface area (TPSA) is 50.1 Å². The zero-order valence-electron chi connectivity index (χ0n) is 9.24. The summed E-state index contributed by atoms with van der Waals surface area (Å²) in [6.07, 6.45) is 7.61. The van der Waals surface area contributed by atoms with Gasteiger partial charge in [-0.25, -0.2) is 0 Å². The van der Waals surface area contributed by atoms with Crippen molar-refractivity contribution in [2.75, 3.05) is 13.1 Å². The summed E-state index contributed by atoms with van der Waals surface area (Å²) in [7, 11) is 1.92. The van der Waals surface area contributed by atoms with E-state index in [-0.39, 0.29) is 0 Å². The van der Waals surface area contributed by atoms with Crippen molar-refractivity contribution in [2.45, 2.75) is 31.3 Å². The Balaban J connectivity index is 1.86. The number of hydrogen-bond acceptors (Lipinski definition) is 3. The minimum atomic E-state index is -0.506. The van der Waals surface area contributed by atoms with E-state index < -0.39 is 5.60 Å². The van der Waals surface area contributed by atoms with Crippen LogP contribution in [0.25, 0.3) is 0 Å². The molecule has 1 aliphatic rings. The maximum atomic E-state index is 10.2. The molecule has 0 bridgehead atoms. The molecule has 4 nitrogen and oxygen atoms in total. The molecule has 4 heteroatoms. The Morgan fingerprint density at radius 3 is 3.13 bits per heavy atom. The SMILES string of the molecule is Cn1cc(CCC2(O)CCCNC2)cn1. The van der Waals surface area contributed by atoms with E-state index in [2.05, 4.69) is 10.4 Å². The Kier molecular flexibility index (Phi) is 3.07. The normalized spacial score (nSPS) is 26.8. The highest BCUT2D eigenvalue weighted by Crippen LogP contribution is 2.21. The minimum absolute atomic E-state index is 0.506. The summed E-state index contributed by atoms with van der Waals surface area (Å²) < 4.78 is 1.80. The van der Waals surface area contributed by atoms with Crippen molar-refractivity contribution >= 4 is 0 Å². The zero-order valence-corrected chi connectivity index (χ0v) is 9.24. The lowest BCUT2D eigenvalue weighted by Gasteiger charge is -2.32. The lowest BCUT2D eigenvalue weighted by molar-refractivity contribution is 0.00888. The molecule has 1 aromatic rings. The van der Waals surface area contributed by atoms with E-state index in [0.717, 1.165) is 38.8 Å². The molecular weight excluding hydrogens is 190 g/mol. The van der Waals surface area contributed by atoms with Crippen LogP contribution >= 0.6 is 0 Å². The fourth-order valence-electron chi connectivity index (χ4n) is 2.14. The predicted octanol–water partition coefficient (Wildman–Crippen LogP) is 0.467. The molecular formula is C11H19N3O. The summed E-state index contributed by atoms with van der Waals surface area (Å²) >= 11 is 0. The van der Waals surface area contributed by atoms with Gasteiger partial charge in [0.15, 0.2) is 0 Å². The van der Waals surface area contributed by atoms with Crippen molar-refractivity contribution in [1.29, 1.82) is 0 Å². The lowest BCUT2D eigenvalue weighted by atomic mass is 9.88. The number of rotatable bonds is 3. The van der Waals surface area contributed by atoms with Crippen LogP contribution in [0.4, 0.5) is 0 Å². The first-order chi connectivity index (χ1) is 7.18. The van der Waals surface area contributed by atoms with E-state index in [0.29, 0.717) is 0 Å². The van der Waals surface area contributed by atoms with E-state index >= 15 is 0 Å². The second-order valence-electron chi connectivity index (χ2n) is 4.53. The number of aliphatic hydroxyl groups is 1. The van der Waals surface area contributed by atoms with Gasteiger partial charge >= 0.3 is 0 Å². The van der Waals surface area contributed by atoms with Crippen molar-refractivity contribution in [2.24, 2.45) is 7.05 Å². The van der Waals surface area contributed by atoms with Crippen LogP contribution < -0.4 is 5.32 Å². The van der Waals surface area contributed by atoms with Crippen molar-refractivity contribution in [3.63, 3.8) is 0 Å². The molecule has 0 aliphatic carbocycles. The molecule has 0 spiro atoms. The van der Waals surface area contributed by atoms with Gasteiger partial charge in [-0.2, -0.15) is 5.10 Å². The molecule has 2 heterocycles. The van der Waals surface area contributed by atoms with Crippen molar-refractivity contribution < 1.29 is 5.11 Å². The first-order valence-corrected chi connectivity index (χ1v) is 5.59. The van der Waals surface area contributed by atoms with Crippen molar-refractivity contribution in [3.8, 4) is 0 Å². The summed E-state index contributed by atoms with van der Waals surface area (Å²) in [5.41, 5.74) is 0.699. The third-order valence-electron chi connectivity index (χ3n) is 3.09. The minimum Gasteiger partial charge on any atom is -0.389 e. The zero-order chi connectivity index (χ0) is 10.7. The molecule has 1 saturated heterocycles. The van der Waals surface area contributed by atoms with Crippen LogP contribution in [0.2, 0.25) is 0 Å². The molecule has 2 rings (SSSR count). The molecule has 0 aromatic carbocycles. The van der Waals surface area contributed by atoms with Gasteiger partial charge in [0.2, 0.25) is 0 Å². The average molecular weight is 209 g/mol. The van der Waals surface area contributed by atoms with E-state index in [1.807, 2.05) is 19.4 Å². The molecule has 1 fully saturated rings. The third-order valence-corrected chi connectivity index (χ3v) is 3.09. The summed E-state index contributed by atoms with van der Waals surface area (Å²) in [4.78, 5) is 0. The highest BCUT2D eigenvalue weighted by atomic mass is 16.3. The van der Waals surface area contributed by atoms with Crippen LogP contribution in [0.1, 0.15) is 24.8 Å². The number of piperidine rings is 1. The Morgan fingerprint density at radius 2 is 2.53 bits per heavy atom. The van der Waals surface area contributed by atoms with Crippen LogP contribution in [-0.2, 0) is 13.5 Å². The first kappa shape index (κ1) is 10.6. The Labute approximate surface area is 90.3 Å². The monoisotopic (exact) mass is 209 g/mol. The van der Waals surface area contributed by atoms with Crippen LogP contribution in [0.3, 0.4) is 0 Å². The molecule has 0 amide bonds. The number of β-amino-alcohol motifs (C(OH)–C–C–N with tert-alkyl or cyclic N) is 1. The highest BCUT2D eigenvalue weighted by Gasteiger charge is 2.28. The summed E-state index contributed by atoms with van der Waals surface area (Å²) in [6.45, 7) is 1.77. The van der Waals surface area contributed by atoms with E-state index in [1.54, 1.807) is 4.68 Å². The number of aromatic nitrogens is 2. The quantitative estimate of drug-likeness (QED) is 0.760. The highest BCUT2D eigenvalue weighted by molar-refractivity contribution is 5.05. The second-order valence-corrected chi connectivity index (χ2v) is 4.53. The van der Waals surface area contributed by atoms with Gasteiger partial charge in [-0.05, 0) is 37.8 Å². The largest absolute Gasteiger partial charge is 0.389 e. The fraction of sp³-hybridized carbons (Fsp3) is 0.727. The molecule has 1 aliphatic heterocycles. The van der Waals surface area contributed by atoms with Crippen LogP contribution in [0, 0.1) is 0 Å². The summed E-state index contributed by atoms with van der Waals surface area (Å²) in [6, 6.07) is 0. The first-order valence-electron chi connectivity index (χ1n) is 5.59. The number of hydrogen-bond donors (Lipinski definition) is 2. The van der Waals surface area contributed by atoms with Gasteiger partial charge in [0.25, 0.3) is 0 Å². The standard InChI is InChI=1S/C11H19N3O/c1-14-8-10(7-13-14)3-5-11(15)4-2-6-12-9-11/h7-8,12,15H,2-6,9H2,1H3. The number of nitrogens with zero attached hydrogens (tertiary/aromatic N) is 2. The summed E-state index contributed by atoms with van der Waals surface area (Å²) in [5, 5.41) is 17.6. The molecule has 2 N–H and O–H groups in total. The molecule has 84 valence electrons. The van der Waals surface area contributed by atoms with Gasteiger partial charge in [-0.1, -0.05) is 0 Å². The maximum absolute atomic E-state index is 10.2. The fourth-order valence-corrected chi connectivity index (χ4v) is 2.14. The van der Waals surface area contributed by atoms with Crippen LogP contribution in [0.5, 0.6) is 0 Å². The van der Waals surface area contributed by atoms with E-state index in [9.17, 15) is 5.11 Å². The van der Waals surface area contributed by atoms with Gasteiger partial charge < -0.3 is 10.4 Å². The molecule has 15 heavy (non-hydrogen) atoms. The van der Waals surface area contributed by atoms with E-state index in [4.69, 9.17) is 0 Å². The predicted molar refractivity (Wildman–Crippen MR) is 58.6 cm³/mol. The molecule has 1 aromatic heterocycles. The molecule has 1 atom stereocenters. The second kappa shape index (κ2) is 4.33. The molecule has 0 radical (unpaired) electrons.